The molecule has 162 valence electrons. The molecule has 1 aliphatic rings. The van der Waals surface area contributed by atoms with E-state index >= 15 is 0 Å². The Morgan fingerprint density at radius 3 is 2.91 bits per heavy atom. The lowest BCUT2D eigenvalue weighted by Gasteiger charge is -2.27. The number of carbonyl (C=O) groups is 1. The Morgan fingerprint density at radius 2 is 2.09 bits per heavy atom. The van der Waals surface area contributed by atoms with Crippen molar-refractivity contribution in [3.63, 3.8) is 0 Å². The molecule has 8 heteroatoms. The summed E-state index contributed by atoms with van der Waals surface area (Å²) in [4.78, 5) is 38.5. The number of aromatic nitrogens is 4. The van der Waals surface area contributed by atoms with E-state index in [-0.39, 0.29) is 18.1 Å². The topological polar surface area (TPSA) is 93.1 Å². The van der Waals surface area contributed by atoms with Crippen LogP contribution < -0.4 is 5.56 Å². The van der Waals surface area contributed by atoms with Gasteiger partial charge in [-0.05, 0) is 30.2 Å². The lowest BCUT2D eigenvalue weighted by Crippen LogP contribution is -2.35. The average molecular weight is 429 g/mol. The SMILES string of the molecule is COC(=O)Cn1cc(CN2CCc3c(nc(-c4cccnc4)[nH]c3=O)C2)c2ccccc21. The largest absolute Gasteiger partial charge is 0.468 e. The molecule has 3 aromatic heterocycles. The number of hydrogen-bond acceptors (Lipinski definition) is 6. The van der Waals surface area contributed by atoms with E-state index in [4.69, 9.17) is 9.72 Å². The van der Waals surface area contributed by atoms with E-state index in [1.807, 2.05) is 41.1 Å². The minimum atomic E-state index is -0.282. The van der Waals surface area contributed by atoms with Gasteiger partial charge in [-0.2, -0.15) is 0 Å². The monoisotopic (exact) mass is 429 g/mol. The lowest BCUT2D eigenvalue weighted by molar-refractivity contribution is -0.141. The van der Waals surface area contributed by atoms with Gasteiger partial charge in [0, 0.05) is 60.3 Å². The minimum Gasteiger partial charge on any atom is -0.468 e. The highest BCUT2D eigenvalue weighted by Gasteiger charge is 2.23. The zero-order valence-electron chi connectivity index (χ0n) is 17.7. The second-order valence-electron chi connectivity index (χ2n) is 7.92. The van der Waals surface area contributed by atoms with E-state index in [0.29, 0.717) is 25.3 Å². The van der Waals surface area contributed by atoms with Crippen LogP contribution in [0, 0.1) is 0 Å². The molecule has 0 bridgehead atoms. The zero-order chi connectivity index (χ0) is 22.1. The van der Waals surface area contributed by atoms with Gasteiger partial charge in [0.15, 0.2) is 0 Å². The third-order valence-corrected chi connectivity index (χ3v) is 5.88. The van der Waals surface area contributed by atoms with Crippen molar-refractivity contribution in [2.45, 2.75) is 26.1 Å². The molecule has 0 saturated carbocycles. The molecule has 1 N–H and O–H groups in total. The van der Waals surface area contributed by atoms with Crippen molar-refractivity contribution in [3.8, 4) is 11.4 Å². The number of fused-ring (bicyclic) bond motifs is 2. The molecular formula is C24H23N5O3. The molecule has 0 amide bonds. The predicted octanol–water partition coefficient (Wildman–Crippen LogP) is 2.52. The minimum absolute atomic E-state index is 0.0804. The van der Waals surface area contributed by atoms with E-state index in [1.165, 1.54) is 7.11 Å². The van der Waals surface area contributed by atoms with E-state index in [2.05, 4.69) is 20.9 Å². The van der Waals surface area contributed by atoms with Crippen LogP contribution in [0.25, 0.3) is 22.3 Å². The third kappa shape index (κ3) is 3.80. The highest BCUT2D eigenvalue weighted by atomic mass is 16.5. The Kier molecular flexibility index (Phi) is 5.28. The van der Waals surface area contributed by atoms with Gasteiger partial charge in [-0.1, -0.05) is 18.2 Å². The maximum Gasteiger partial charge on any atom is 0.325 e. The first kappa shape index (κ1) is 20.1. The molecule has 0 aliphatic carbocycles. The first-order valence-electron chi connectivity index (χ1n) is 10.5. The summed E-state index contributed by atoms with van der Waals surface area (Å²) >= 11 is 0. The number of H-pyrrole nitrogens is 1. The number of carbonyl (C=O) groups excluding carboxylic acids is 1. The highest BCUT2D eigenvalue weighted by molar-refractivity contribution is 5.85. The first-order valence-corrected chi connectivity index (χ1v) is 10.5. The second-order valence-corrected chi connectivity index (χ2v) is 7.92. The summed E-state index contributed by atoms with van der Waals surface area (Å²) in [6.07, 6.45) is 6.05. The van der Waals surface area contributed by atoms with Gasteiger partial charge >= 0.3 is 5.97 Å². The molecule has 0 spiro atoms. The number of nitrogens with zero attached hydrogens (tertiary/aromatic N) is 4. The molecule has 0 radical (unpaired) electrons. The van der Waals surface area contributed by atoms with Crippen molar-refractivity contribution >= 4 is 16.9 Å². The van der Waals surface area contributed by atoms with Crippen LogP contribution in [-0.2, 0) is 35.6 Å². The number of hydrogen-bond donors (Lipinski definition) is 1. The normalized spacial score (nSPS) is 13.8. The molecule has 4 heterocycles. The van der Waals surface area contributed by atoms with Gasteiger partial charge in [0.1, 0.15) is 12.4 Å². The third-order valence-electron chi connectivity index (χ3n) is 5.88. The fourth-order valence-corrected chi connectivity index (χ4v) is 4.29. The molecule has 0 saturated heterocycles. The van der Waals surface area contributed by atoms with Crippen LogP contribution >= 0.6 is 0 Å². The van der Waals surface area contributed by atoms with Crippen LogP contribution in [-0.4, -0.2) is 44.0 Å². The average Bonchev–Trinajstić information content (AvgIpc) is 3.16. The number of para-hydroxylation sites is 1. The van der Waals surface area contributed by atoms with Crippen LogP contribution in [0.4, 0.5) is 0 Å². The molecule has 0 atom stereocenters. The van der Waals surface area contributed by atoms with Crippen molar-refractivity contribution in [3.05, 3.63) is 82.2 Å². The summed E-state index contributed by atoms with van der Waals surface area (Å²) in [5.74, 6) is 0.258. The van der Waals surface area contributed by atoms with Gasteiger partial charge in [-0.15, -0.1) is 0 Å². The van der Waals surface area contributed by atoms with Crippen molar-refractivity contribution in [2.24, 2.45) is 0 Å². The molecule has 8 nitrogen and oxygen atoms in total. The Hall–Kier alpha value is -3.78. The molecule has 0 unspecified atom stereocenters. The molecule has 5 rings (SSSR count). The molecule has 0 fully saturated rings. The predicted molar refractivity (Wildman–Crippen MR) is 120 cm³/mol. The van der Waals surface area contributed by atoms with E-state index in [1.54, 1.807) is 12.4 Å². The summed E-state index contributed by atoms with van der Waals surface area (Å²) in [6, 6.07) is 11.8. The number of methoxy groups -OCH3 is 1. The van der Waals surface area contributed by atoms with Crippen molar-refractivity contribution < 1.29 is 9.53 Å². The summed E-state index contributed by atoms with van der Waals surface area (Å²) < 4.78 is 6.77. The lowest BCUT2D eigenvalue weighted by atomic mass is 10.0. The zero-order valence-corrected chi connectivity index (χ0v) is 17.7. The van der Waals surface area contributed by atoms with Crippen LogP contribution in [0.5, 0.6) is 0 Å². The van der Waals surface area contributed by atoms with Gasteiger partial charge in [0.25, 0.3) is 5.56 Å². The number of benzene rings is 1. The summed E-state index contributed by atoms with van der Waals surface area (Å²) in [7, 11) is 1.40. The maximum absolute atomic E-state index is 12.7. The summed E-state index contributed by atoms with van der Waals surface area (Å²) in [5.41, 5.74) is 4.39. The van der Waals surface area contributed by atoms with Crippen molar-refractivity contribution in [2.75, 3.05) is 13.7 Å². The van der Waals surface area contributed by atoms with Crippen LogP contribution in [0.1, 0.15) is 16.8 Å². The van der Waals surface area contributed by atoms with Crippen LogP contribution in [0.15, 0.2) is 59.8 Å². The number of ether oxygens (including phenoxy) is 1. The Morgan fingerprint density at radius 1 is 1.22 bits per heavy atom. The van der Waals surface area contributed by atoms with Crippen LogP contribution in [0.2, 0.25) is 0 Å². The molecule has 4 aromatic rings. The molecule has 1 aliphatic heterocycles. The Labute approximate surface area is 184 Å². The fourth-order valence-electron chi connectivity index (χ4n) is 4.29. The number of esters is 1. The molecular weight excluding hydrogens is 406 g/mol. The number of rotatable bonds is 5. The van der Waals surface area contributed by atoms with Gasteiger partial charge in [-0.3, -0.25) is 19.5 Å². The number of nitrogens with one attached hydrogen (secondary N) is 1. The second kappa shape index (κ2) is 8.39. The number of pyridine rings is 1. The van der Waals surface area contributed by atoms with Gasteiger partial charge < -0.3 is 14.3 Å². The molecule has 1 aromatic carbocycles. The van der Waals surface area contributed by atoms with Gasteiger partial charge in [0.05, 0.1) is 12.8 Å². The van der Waals surface area contributed by atoms with Crippen molar-refractivity contribution in [1.29, 1.82) is 0 Å². The smallest absolute Gasteiger partial charge is 0.325 e. The summed E-state index contributed by atoms with van der Waals surface area (Å²) in [5, 5.41) is 1.11. The highest BCUT2D eigenvalue weighted by Crippen LogP contribution is 2.25. The van der Waals surface area contributed by atoms with E-state index in [9.17, 15) is 9.59 Å². The van der Waals surface area contributed by atoms with Crippen molar-refractivity contribution in [1.82, 2.24) is 24.4 Å². The Bertz CT molecular complexity index is 1340. The summed E-state index contributed by atoms with van der Waals surface area (Å²) in [6.45, 7) is 2.22. The van der Waals surface area contributed by atoms with Gasteiger partial charge in [0.2, 0.25) is 0 Å². The first-order chi connectivity index (χ1) is 15.6. The standard InChI is InChI=1S/C24H23N5O3/c1-32-22(30)15-29-13-17(18-6-2-3-7-21(18)29)12-28-10-8-19-20(14-28)26-23(27-24(19)31)16-5-4-9-25-11-16/h2-7,9,11,13H,8,10,12,14-15H2,1H3,(H,26,27,31). The van der Waals surface area contributed by atoms with E-state index in [0.717, 1.165) is 39.8 Å². The Balaban J connectivity index is 1.43. The van der Waals surface area contributed by atoms with Gasteiger partial charge in [-0.25, -0.2) is 4.98 Å². The quantitative estimate of drug-likeness (QED) is 0.490. The van der Waals surface area contributed by atoms with Crippen LogP contribution in [0.3, 0.4) is 0 Å². The molecule has 32 heavy (non-hydrogen) atoms. The maximum atomic E-state index is 12.7. The van der Waals surface area contributed by atoms with E-state index < -0.39 is 0 Å². The fraction of sp³-hybridized carbons (Fsp3) is 0.250. The number of aromatic amines is 1.